The fraction of sp³-hybridized carbons (Fsp3) is 0.667. The van der Waals surface area contributed by atoms with E-state index in [4.69, 9.17) is 154 Å². The number of hydrogen-bond acceptors (Lipinski definition) is 20. The number of ether oxygens (including phenoxy) is 8. The van der Waals surface area contributed by atoms with Crippen LogP contribution in [0.1, 0.15) is 55.4 Å². The van der Waals surface area contributed by atoms with Crippen molar-refractivity contribution in [2.24, 2.45) is 18.1 Å². The molecule has 8 N–H and O–H groups in total. The van der Waals surface area contributed by atoms with Crippen molar-refractivity contribution >= 4 is 169 Å². The maximum atomic E-state index is 5.70. The van der Waals surface area contributed by atoms with E-state index in [9.17, 15) is 0 Å². The van der Waals surface area contributed by atoms with Crippen LogP contribution < -0.4 is 40.7 Å². The molecule has 0 unspecified atom stereocenters. The van der Waals surface area contributed by atoms with E-state index in [2.05, 4.69) is 40.7 Å². The molecule has 0 saturated heterocycles. The number of nitrogens with one attached hydrogen (secondary N) is 8. The van der Waals surface area contributed by atoms with Crippen molar-refractivity contribution in [1.29, 1.82) is 0 Å². The monoisotopic (exact) mass is 1010 g/mol. The first kappa shape index (κ1) is 52.5. The average Bonchev–Trinajstić information content (AvgIpc) is 3.04. The SMILES string of the molecule is CCOC(=S)NP1(NC(=S)OCC)=NP(NC(=S)OCC)(NC(=S)OCC)=NP(NC(=S)OCC)(NC(=S)OCC)=NP(NC(=S)OCC)(NC(=S)OCC)=N1. The fourth-order valence-corrected chi connectivity index (χ4v) is 21.1. The highest BCUT2D eigenvalue weighted by atomic mass is 32.1. The maximum Gasteiger partial charge on any atom is 0.274 e. The molecule has 32 heteroatoms. The number of rotatable bonds is 16. The van der Waals surface area contributed by atoms with Crippen LogP contribution in [-0.2, 0) is 37.9 Å². The van der Waals surface area contributed by atoms with Gasteiger partial charge in [-0.1, -0.05) is 0 Å². The molecule has 0 bridgehead atoms. The molecule has 0 fully saturated rings. The van der Waals surface area contributed by atoms with E-state index in [1.165, 1.54) is 0 Å². The molecular formula is C24H48N12O8P4S8. The van der Waals surface area contributed by atoms with Gasteiger partial charge in [0.05, 0.1) is 52.9 Å². The highest BCUT2D eigenvalue weighted by Crippen LogP contribution is 2.71. The van der Waals surface area contributed by atoms with Gasteiger partial charge < -0.3 is 37.9 Å². The van der Waals surface area contributed by atoms with Gasteiger partial charge in [0, 0.05) is 0 Å². The topological polar surface area (TPSA) is 220 Å². The van der Waals surface area contributed by atoms with Gasteiger partial charge in [-0.3, -0.25) is 40.7 Å². The van der Waals surface area contributed by atoms with Crippen LogP contribution in [0.5, 0.6) is 0 Å². The van der Waals surface area contributed by atoms with Crippen molar-refractivity contribution in [3.63, 3.8) is 0 Å². The van der Waals surface area contributed by atoms with Crippen LogP contribution in [0.4, 0.5) is 0 Å². The maximum absolute atomic E-state index is 5.70. The molecular weight excluding hydrogens is 965 g/mol. The summed E-state index contributed by atoms with van der Waals surface area (Å²) in [5.41, 5.74) is 0. The lowest BCUT2D eigenvalue weighted by Crippen LogP contribution is -2.38. The molecule has 0 amide bonds. The molecule has 0 aliphatic carbocycles. The minimum Gasteiger partial charge on any atom is -0.471 e. The number of thiocarbonyl (C=S) groups is 8. The highest BCUT2D eigenvalue weighted by Gasteiger charge is 2.43. The van der Waals surface area contributed by atoms with Crippen molar-refractivity contribution < 1.29 is 37.9 Å². The normalized spacial score (nSPS) is 15.3. The Kier molecular flexibility index (Phi) is 24.8. The van der Waals surface area contributed by atoms with E-state index in [1.807, 2.05) is 0 Å². The Morgan fingerprint density at radius 1 is 0.286 bits per heavy atom. The third kappa shape index (κ3) is 18.6. The zero-order chi connectivity index (χ0) is 42.4. The second kappa shape index (κ2) is 26.5. The molecule has 1 rings (SSSR count). The molecule has 0 radical (unpaired) electrons. The standard InChI is InChI=1S/C24H48N12O8P4S8/c1-9-37-17(49)25-45(26-18(50)38-10-2)33-46(27-19(51)39-11-3,28-20(52)40-12-4)35-48(31-23(55)43-15-7,32-24(56)44-16-8)36-47(34-45,29-21(53)41-13-5)30-22(54)42-14-6/h9-16H2,1-8H3,(H,25,49)(H,26,50)(H,27,51)(H,28,52)(H,29,53)(H,30,54)(H,31,55)(H,32,56). The molecule has 0 spiro atoms. The van der Waals surface area contributed by atoms with E-state index in [-0.39, 0.29) is 94.3 Å². The van der Waals surface area contributed by atoms with Gasteiger partial charge in [-0.2, -0.15) is 18.1 Å². The van der Waals surface area contributed by atoms with Gasteiger partial charge in [0.1, 0.15) is 0 Å². The summed E-state index contributed by atoms with van der Waals surface area (Å²) in [4.78, 5) is 0. The molecule has 0 aromatic carbocycles. The summed E-state index contributed by atoms with van der Waals surface area (Å²) in [7, 11) is -16.3. The van der Waals surface area contributed by atoms with Crippen LogP contribution in [0.15, 0.2) is 18.1 Å². The minimum absolute atomic E-state index is 0.155. The Bertz CT molecular complexity index is 1350. The lowest BCUT2D eigenvalue weighted by molar-refractivity contribution is 0.325. The molecule has 20 nitrogen and oxygen atoms in total. The van der Waals surface area contributed by atoms with Crippen molar-refractivity contribution in [3.05, 3.63) is 0 Å². The predicted molar refractivity (Wildman–Crippen MR) is 256 cm³/mol. The summed E-state index contributed by atoms with van der Waals surface area (Å²) in [5.74, 6) is 0. The first-order chi connectivity index (χ1) is 26.5. The van der Waals surface area contributed by atoms with Crippen LogP contribution in [0.3, 0.4) is 0 Å². The van der Waals surface area contributed by atoms with E-state index in [0.29, 0.717) is 0 Å². The van der Waals surface area contributed by atoms with E-state index in [1.54, 1.807) is 55.4 Å². The summed E-state index contributed by atoms with van der Waals surface area (Å²) in [6.45, 7) is 15.1. The van der Waals surface area contributed by atoms with Crippen molar-refractivity contribution in [2.45, 2.75) is 55.4 Å². The molecule has 0 aromatic heterocycles. The number of hydrogen-bond donors (Lipinski definition) is 8. The average molecular weight is 1010 g/mol. The zero-order valence-electron chi connectivity index (χ0n) is 31.8. The summed E-state index contributed by atoms with van der Waals surface area (Å²) in [6, 6.07) is 0. The highest BCUT2D eigenvalue weighted by molar-refractivity contribution is 7.90. The summed E-state index contributed by atoms with van der Waals surface area (Å²) in [6.07, 6.45) is 0. The first-order valence-electron chi connectivity index (χ1n) is 16.6. The van der Waals surface area contributed by atoms with Crippen LogP contribution in [0, 0.1) is 0 Å². The third-order valence-electron chi connectivity index (χ3n) is 5.22. The Morgan fingerprint density at radius 2 is 0.393 bits per heavy atom. The molecule has 1 aliphatic heterocycles. The van der Waals surface area contributed by atoms with Crippen LogP contribution in [-0.4, -0.2) is 94.3 Å². The Hall–Kier alpha value is -1.56. The number of nitrogens with zero attached hydrogens (tertiary/aromatic N) is 4. The van der Waals surface area contributed by atoms with Gasteiger partial charge in [-0.05, 0) is 153 Å². The van der Waals surface area contributed by atoms with Gasteiger partial charge in [0.2, 0.25) is 0 Å². The first-order valence-corrected chi connectivity index (χ1v) is 26.7. The third-order valence-corrected chi connectivity index (χ3v) is 20.6. The van der Waals surface area contributed by atoms with Gasteiger partial charge in [0.15, 0.2) is 0 Å². The van der Waals surface area contributed by atoms with Crippen LogP contribution >= 0.6 is 128 Å². The van der Waals surface area contributed by atoms with Crippen molar-refractivity contribution in [2.75, 3.05) is 52.9 Å². The summed E-state index contributed by atoms with van der Waals surface area (Å²) in [5, 5.41) is 23.4. The smallest absolute Gasteiger partial charge is 0.274 e. The van der Waals surface area contributed by atoms with E-state index in [0.717, 1.165) is 0 Å². The van der Waals surface area contributed by atoms with Gasteiger partial charge >= 0.3 is 0 Å². The van der Waals surface area contributed by atoms with Crippen LogP contribution in [0.2, 0.25) is 0 Å². The Morgan fingerprint density at radius 3 is 0.482 bits per heavy atom. The van der Waals surface area contributed by atoms with Gasteiger partial charge in [-0.15, -0.1) is 0 Å². The second-order valence-electron chi connectivity index (χ2n) is 9.42. The fourth-order valence-electron chi connectivity index (χ4n) is 3.62. The van der Waals surface area contributed by atoms with E-state index >= 15 is 0 Å². The zero-order valence-corrected chi connectivity index (χ0v) is 41.9. The summed E-state index contributed by atoms with van der Waals surface area (Å²) >= 11 is 45.1. The minimum atomic E-state index is -4.07. The quantitative estimate of drug-likeness (QED) is 0.0572. The largest absolute Gasteiger partial charge is 0.471 e. The molecule has 0 aromatic rings. The molecule has 1 aliphatic rings. The van der Waals surface area contributed by atoms with Crippen LogP contribution in [0.25, 0.3) is 0 Å². The van der Waals surface area contributed by atoms with Crippen molar-refractivity contribution in [1.82, 2.24) is 40.7 Å². The Labute approximate surface area is 371 Å². The lowest BCUT2D eigenvalue weighted by atomic mass is 10.9. The summed E-state index contributed by atoms with van der Waals surface area (Å²) < 4.78 is 66.6. The predicted octanol–water partition coefficient (Wildman–Crippen LogP) is 7.07. The van der Waals surface area contributed by atoms with Gasteiger partial charge in [-0.25, -0.2) is 0 Å². The molecule has 56 heavy (non-hydrogen) atoms. The van der Waals surface area contributed by atoms with Crippen molar-refractivity contribution in [3.8, 4) is 0 Å². The second-order valence-corrected chi connectivity index (χ2v) is 21.8. The molecule has 1 heterocycles. The Balaban J connectivity index is 5.12. The molecule has 320 valence electrons. The molecule has 0 saturated carbocycles. The van der Waals surface area contributed by atoms with E-state index < -0.39 is 30.0 Å². The lowest BCUT2D eigenvalue weighted by Gasteiger charge is -2.37. The molecule has 0 atom stereocenters. The van der Waals surface area contributed by atoms with Gasteiger partial charge in [0.25, 0.3) is 71.4 Å².